The van der Waals surface area contributed by atoms with Crippen molar-refractivity contribution >= 4 is 5.97 Å². The third kappa shape index (κ3) is 3.03. The summed E-state index contributed by atoms with van der Waals surface area (Å²) in [6.07, 6.45) is -3.17. The highest BCUT2D eigenvalue weighted by Gasteiger charge is 2.31. The Morgan fingerprint density at radius 1 is 1.18 bits per heavy atom. The number of nitrogens with zero attached hydrogens (tertiary/aromatic N) is 1. The normalized spacial score (nSPS) is 11.1. The highest BCUT2D eigenvalue weighted by atomic mass is 19.4. The molecular formula is C15H12F3NO3. The third-order valence-corrected chi connectivity index (χ3v) is 2.99. The van der Waals surface area contributed by atoms with Gasteiger partial charge < -0.3 is 9.47 Å². The molecule has 2 aromatic rings. The Hall–Kier alpha value is -2.57. The molecule has 22 heavy (non-hydrogen) atoms. The van der Waals surface area contributed by atoms with Crippen molar-refractivity contribution < 1.29 is 27.4 Å². The summed E-state index contributed by atoms with van der Waals surface area (Å²) in [6, 6.07) is 5.95. The van der Waals surface area contributed by atoms with Gasteiger partial charge in [0.1, 0.15) is 0 Å². The zero-order valence-corrected chi connectivity index (χ0v) is 11.8. The Morgan fingerprint density at radius 3 is 2.50 bits per heavy atom. The molecule has 1 aromatic heterocycles. The Bertz CT molecular complexity index is 699. The minimum atomic E-state index is -4.49. The lowest BCUT2D eigenvalue weighted by Gasteiger charge is -2.13. The molecule has 0 bridgehead atoms. The Balaban J connectivity index is 2.68. The van der Waals surface area contributed by atoms with Crippen molar-refractivity contribution in [1.82, 2.24) is 4.98 Å². The van der Waals surface area contributed by atoms with E-state index < -0.39 is 17.7 Å². The lowest BCUT2D eigenvalue weighted by molar-refractivity contribution is -0.137. The zero-order chi connectivity index (χ0) is 16.3. The second kappa shape index (κ2) is 6.05. The highest BCUT2D eigenvalue weighted by Crippen LogP contribution is 2.36. The highest BCUT2D eigenvalue weighted by molar-refractivity contribution is 5.98. The first-order chi connectivity index (χ1) is 10.4. The van der Waals surface area contributed by atoms with Crippen molar-refractivity contribution in [2.45, 2.75) is 6.18 Å². The summed E-state index contributed by atoms with van der Waals surface area (Å²) in [5, 5.41) is 0. The number of alkyl halides is 3. The number of benzene rings is 1. The molecule has 0 N–H and O–H groups in total. The summed E-state index contributed by atoms with van der Waals surface area (Å²) in [5.74, 6) is -0.643. The summed E-state index contributed by atoms with van der Waals surface area (Å²) >= 11 is 0. The van der Waals surface area contributed by atoms with Crippen LogP contribution in [-0.2, 0) is 10.9 Å². The van der Waals surface area contributed by atoms with E-state index in [1.807, 2.05) is 0 Å². The maximum atomic E-state index is 12.9. The van der Waals surface area contributed by atoms with Gasteiger partial charge in [0.2, 0.25) is 5.88 Å². The van der Waals surface area contributed by atoms with Gasteiger partial charge in [0, 0.05) is 6.20 Å². The molecule has 0 radical (unpaired) electrons. The predicted octanol–water partition coefficient (Wildman–Crippen LogP) is 3.56. The fraction of sp³-hybridized carbons (Fsp3) is 0.200. The fourth-order valence-corrected chi connectivity index (χ4v) is 2.01. The van der Waals surface area contributed by atoms with Gasteiger partial charge in [-0.3, -0.25) is 0 Å². The van der Waals surface area contributed by atoms with E-state index in [1.54, 1.807) is 0 Å². The standard InChI is InChI=1S/C15H12F3NO3/c1-21-13-12(11(6-7-19-13)14(20)22-2)9-4-3-5-10(8-9)15(16,17)18/h3-8H,1-2H3. The molecule has 0 aliphatic heterocycles. The van der Waals surface area contributed by atoms with E-state index in [-0.39, 0.29) is 22.6 Å². The van der Waals surface area contributed by atoms with Crippen LogP contribution in [0.15, 0.2) is 36.5 Å². The Labute approximate surface area is 124 Å². The van der Waals surface area contributed by atoms with Crippen molar-refractivity contribution in [2.75, 3.05) is 14.2 Å². The van der Waals surface area contributed by atoms with E-state index in [0.717, 1.165) is 12.1 Å². The first-order valence-electron chi connectivity index (χ1n) is 6.17. The van der Waals surface area contributed by atoms with Crippen LogP contribution in [0.5, 0.6) is 5.88 Å². The van der Waals surface area contributed by atoms with E-state index >= 15 is 0 Å². The van der Waals surface area contributed by atoms with Crippen LogP contribution in [0.3, 0.4) is 0 Å². The lowest BCUT2D eigenvalue weighted by Crippen LogP contribution is -2.08. The molecule has 0 aliphatic carbocycles. The molecule has 0 spiro atoms. The molecule has 0 aliphatic rings. The maximum absolute atomic E-state index is 12.9. The smallest absolute Gasteiger partial charge is 0.416 e. The second-order valence-electron chi connectivity index (χ2n) is 4.31. The van der Waals surface area contributed by atoms with Crippen LogP contribution < -0.4 is 4.74 Å². The number of aromatic nitrogens is 1. The van der Waals surface area contributed by atoms with Crippen LogP contribution in [0.25, 0.3) is 11.1 Å². The largest absolute Gasteiger partial charge is 0.481 e. The average Bonchev–Trinajstić information content (AvgIpc) is 2.52. The maximum Gasteiger partial charge on any atom is 0.416 e. The molecule has 1 heterocycles. The van der Waals surface area contributed by atoms with Crippen LogP contribution in [-0.4, -0.2) is 25.2 Å². The van der Waals surface area contributed by atoms with Gasteiger partial charge >= 0.3 is 12.1 Å². The van der Waals surface area contributed by atoms with Crippen molar-refractivity contribution in [3.8, 4) is 17.0 Å². The van der Waals surface area contributed by atoms with E-state index in [0.29, 0.717) is 0 Å². The molecule has 0 amide bonds. The summed E-state index contributed by atoms with van der Waals surface area (Å²) in [5.41, 5.74) is -0.427. The molecule has 7 heteroatoms. The fourth-order valence-electron chi connectivity index (χ4n) is 2.01. The number of hydrogen-bond donors (Lipinski definition) is 0. The van der Waals surface area contributed by atoms with Crippen LogP contribution in [0.4, 0.5) is 13.2 Å². The first-order valence-corrected chi connectivity index (χ1v) is 6.17. The molecule has 0 unspecified atom stereocenters. The monoisotopic (exact) mass is 311 g/mol. The van der Waals surface area contributed by atoms with E-state index in [1.165, 1.54) is 38.6 Å². The van der Waals surface area contributed by atoms with Crippen LogP contribution in [0, 0.1) is 0 Å². The number of halogens is 3. The Morgan fingerprint density at radius 2 is 1.91 bits per heavy atom. The van der Waals surface area contributed by atoms with Gasteiger partial charge in [-0.25, -0.2) is 9.78 Å². The minimum Gasteiger partial charge on any atom is -0.481 e. The van der Waals surface area contributed by atoms with Gasteiger partial charge in [0.15, 0.2) is 0 Å². The van der Waals surface area contributed by atoms with Crippen molar-refractivity contribution in [2.24, 2.45) is 0 Å². The van der Waals surface area contributed by atoms with E-state index in [2.05, 4.69) is 9.72 Å². The molecular weight excluding hydrogens is 299 g/mol. The quantitative estimate of drug-likeness (QED) is 0.813. The lowest BCUT2D eigenvalue weighted by atomic mass is 9.99. The summed E-state index contributed by atoms with van der Waals surface area (Å²) < 4.78 is 48.3. The topological polar surface area (TPSA) is 48.4 Å². The molecule has 2 rings (SSSR count). The number of methoxy groups -OCH3 is 2. The number of ether oxygens (including phenoxy) is 2. The van der Waals surface area contributed by atoms with Gasteiger partial charge in [-0.15, -0.1) is 0 Å². The van der Waals surface area contributed by atoms with Gasteiger partial charge in [-0.05, 0) is 23.8 Å². The molecule has 4 nitrogen and oxygen atoms in total. The molecule has 0 atom stereocenters. The average molecular weight is 311 g/mol. The van der Waals surface area contributed by atoms with Gasteiger partial charge in [0.25, 0.3) is 0 Å². The first kappa shape index (κ1) is 15.8. The van der Waals surface area contributed by atoms with Crippen LogP contribution in [0.1, 0.15) is 15.9 Å². The van der Waals surface area contributed by atoms with Crippen molar-refractivity contribution in [3.63, 3.8) is 0 Å². The predicted molar refractivity (Wildman–Crippen MR) is 72.6 cm³/mol. The Kier molecular flexibility index (Phi) is 4.35. The van der Waals surface area contributed by atoms with Crippen molar-refractivity contribution in [1.29, 1.82) is 0 Å². The molecule has 0 saturated carbocycles. The van der Waals surface area contributed by atoms with Gasteiger partial charge in [-0.1, -0.05) is 12.1 Å². The van der Waals surface area contributed by atoms with Crippen LogP contribution >= 0.6 is 0 Å². The number of rotatable bonds is 3. The third-order valence-electron chi connectivity index (χ3n) is 2.99. The summed E-state index contributed by atoms with van der Waals surface area (Å²) in [7, 11) is 2.51. The number of carbonyl (C=O) groups is 1. The zero-order valence-electron chi connectivity index (χ0n) is 11.8. The molecule has 1 aromatic carbocycles. The molecule has 0 saturated heterocycles. The number of carbonyl (C=O) groups excluding carboxylic acids is 1. The number of pyridine rings is 1. The van der Waals surface area contributed by atoms with E-state index in [4.69, 9.17) is 4.74 Å². The second-order valence-corrected chi connectivity index (χ2v) is 4.31. The summed E-state index contributed by atoms with van der Waals surface area (Å²) in [4.78, 5) is 15.8. The molecule has 116 valence electrons. The number of esters is 1. The SMILES string of the molecule is COC(=O)c1ccnc(OC)c1-c1cccc(C(F)(F)F)c1. The number of hydrogen-bond acceptors (Lipinski definition) is 4. The summed E-state index contributed by atoms with van der Waals surface area (Å²) in [6.45, 7) is 0. The van der Waals surface area contributed by atoms with Gasteiger partial charge in [0.05, 0.1) is 30.9 Å². The van der Waals surface area contributed by atoms with Crippen LogP contribution in [0.2, 0.25) is 0 Å². The van der Waals surface area contributed by atoms with Crippen molar-refractivity contribution in [3.05, 3.63) is 47.7 Å². The van der Waals surface area contributed by atoms with E-state index in [9.17, 15) is 18.0 Å². The van der Waals surface area contributed by atoms with Gasteiger partial charge in [-0.2, -0.15) is 13.2 Å². The minimum absolute atomic E-state index is 0.0437. The molecule has 0 fully saturated rings.